The van der Waals surface area contributed by atoms with Gasteiger partial charge in [-0.25, -0.2) is 9.97 Å². The maximum atomic E-state index is 12.9. The van der Waals surface area contributed by atoms with E-state index < -0.39 is 24.6 Å². The van der Waals surface area contributed by atoms with E-state index in [2.05, 4.69) is 25.6 Å². The molecule has 4 heterocycles. The molecule has 10 nitrogen and oxygen atoms in total. The third kappa shape index (κ3) is 5.61. The number of rotatable bonds is 8. The number of aryl methyl sites for hydroxylation is 2. The molecule has 3 aromatic heterocycles. The monoisotopic (exact) mass is 551 g/mol. The summed E-state index contributed by atoms with van der Waals surface area (Å²) in [6.07, 6.45) is -4.67. The molecule has 13 heteroatoms. The zero-order chi connectivity index (χ0) is 28.1. The Bertz CT molecular complexity index is 1360. The van der Waals surface area contributed by atoms with Crippen LogP contribution in [0.2, 0.25) is 0 Å². The lowest BCUT2D eigenvalue weighted by Crippen LogP contribution is -2.35. The second-order valence-electron chi connectivity index (χ2n) is 10.3. The van der Waals surface area contributed by atoms with Crippen molar-refractivity contribution in [3.05, 3.63) is 23.5 Å². The highest BCUT2D eigenvalue weighted by Gasteiger charge is 2.54. The van der Waals surface area contributed by atoms with E-state index in [4.69, 9.17) is 18.6 Å². The Kier molecular flexibility index (Phi) is 7.10. The third-order valence-electron chi connectivity index (χ3n) is 6.86. The first-order valence-corrected chi connectivity index (χ1v) is 12.8. The summed E-state index contributed by atoms with van der Waals surface area (Å²) in [5, 5.41) is 16.3. The molecule has 0 radical (unpaired) electrons. The Balaban J connectivity index is 1.56. The Morgan fingerprint density at radius 3 is 2.54 bits per heavy atom. The molecule has 3 N–H and O–H groups in total. The number of aromatic nitrogens is 3. The lowest BCUT2D eigenvalue weighted by Gasteiger charge is -2.25. The van der Waals surface area contributed by atoms with Crippen LogP contribution in [0, 0.1) is 19.8 Å². The van der Waals surface area contributed by atoms with Crippen LogP contribution in [0.5, 0.6) is 5.88 Å². The molecule has 39 heavy (non-hydrogen) atoms. The minimum absolute atomic E-state index is 0.0924. The Morgan fingerprint density at radius 1 is 1.10 bits per heavy atom. The summed E-state index contributed by atoms with van der Waals surface area (Å²) < 4.78 is 62.7. The minimum Gasteiger partial charge on any atom is -0.478 e. The molecule has 0 aromatic carbocycles. The number of halogens is 3. The highest BCUT2D eigenvalue weighted by atomic mass is 19.4. The van der Waals surface area contributed by atoms with Gasteiger partial charge in [0, 0.05) is 24.0 Å². The van der Waals surface area contributed by atoms with E-state index in [1.54, 1.807) is 39.8 Å². The number of aliphatic hydroxyl groups is 1. The lowest BCUT2D eigenvalue weighted by molar-refractivity contribution is -0.158. The highest BCUT2D eigenvalue weighted by Crippen LogP contribution is 2.44. The van der Waals surface area contributed by atoms with Crippen molar-refractivity contribution in [2.75, 3.05) is 30.4 Å². The van der Waals surface area contributed by atoms with Crippen molar-refractivity contribution >= 4 is 22.7 Å². The summed E-state index contributed by atoms with van der Waals surface area (Å²) in [7, 11) is 0. The smallest absolute Gasteiger partial charge is 0.405 e. The molecule has 212 valence electrons. The van der Waals surface area contributed by atoms with E-state index in [-0.39, 0.29) is 36.4 Å². The molecule has 4 atom stereocenters. The van der Waals surface area contributed by atoms with E-state index in [0.29, 0.717) is 47.2 Å². The van der Waals surface area contributed by atoms with Crippen LogP contribution in [-0.2, 0) is 9.47 Å². The average molecular weight is 552 g/mol. The first-order valence-electron chi connectivity index (χ1n) is 12.8. The van der Waals surface area contributed by atoms with E-state index in [1.165, 1.54) is 0 Å². The largest absolute Gasteiger partial charge is 0.478 e. The number of hydrogen-bond donors (Lipinski definition) is 3. The lowest BCUT2D eigenvalue weighted by atomic mass is 10.1. The first kappa shape index (κ1) is 27.4. The summed E-state index contributed by atoms with van der Waals surface area (Å²) in [5.41, 5.74) is 2.07. The molecule has 1 aliphatic carbocycles. The standard InChI is InChI=1S/C26H32F3N5O5/c1-6-36-18-9-14-8-17(37-20(14)13(3)31-18)19-12(2)32-24(30-11-26(27,28)29)34-23(19)33-16-7-15(10-35)21-22(16)39-25(4,5)38-21/h8-9,15-16,21-22,35H,6-7,10-11H2,1-5H3,(H2,30,32,33,34)/t15-,16-,21-,22+/m1/s1. The summed E-state index contributed by atoms with van der Waals surface area (Å²) in [6.45, 7) is 8.03. The molecule has 0 amide bonds. The number of ether oxygens (including phenoxy) is 3. The van der Waals surface area contributed by atoms with E-state index in [1.807, 2.05) is 6.92 Å². The van der Waals surface area contributed by atoms with Gasteiger partial charge in [-0.1, -0.05) is 0 Å². The predicted octanol–water partition coefficient (Wildman–Crippen LogP) is 4.59. The van der Waals surface area contributed by atoms with Crippen LogP contribution in [-0.4, -0.2) is 70.0 Å². The van der Waals surface area contributed by atoms with Crippen molar-refractivity contribution in [2.24, 2.45) is 5.92 Å². The van der Waals surface area contributed by atoms with E-state index >= 15 is 0 Å². The fourth-order valence-corrected chi connectivity index (χ4v) is 5.33. The number of pyridine rings is 1. The van der Waals surface area contributed by atoms with Crippen LogP contribution in [0.25, 0.3) is 22.3 Å². The molecule has 2 aliphatic rings. The topological polar surface area (TPSA) is 124 Å². The van der Waals surface area contributed by atoms with Crippen molar-refractivity contribution < 1.29 is 36.9 Å². The molecular weight excluding hydrogens is 519 g/mol. The summed E-state index contributed by atoms with van der Waals surface area (Å²) in [5.74, 6) is -0.0446. The highest BCUT2D eigenvalue weighted by molar-refractivity contribution is 5.88. The van der Waals surface area contributed by atoms with Gasteiger partial charge in [0.25, 0.3) is 0 Å². The molecule has 3 aromatic rings. The summed E-state index contributed by atoms with van der Waals surface area (Å²) in [4.78, 5) is 13.1. The number of anilines is 2. The fourth-order valence-electron chi connectivity index (χ4n) is 5.33. The van der Waals surface area contributed by atoms with E-state index in [0.717, 1.165) is 5.39 Å². The van der Waals surface area contributed by atoms with Crippen LogP contribution in [0.4, 0.5) is 24.9 Å². The Hall–Kier alpha value is -3.16. The van der Waals surface area contributed by atoms with Crippen LogP contribution < -0.4 is 15.4 Å². The molecule has 5 rings (SSSR count). The van der Waals surface area contributed by atoms with Gasteiger partial charge < -0.3 is 34.4 Å². The van der Waals surface area contributed by atoms with Gasteiger partial charge in [-0.2, -0.15) is 18.2 Å². The molecule has 1 saturated carbocycles. The number of hydrogen-bond acceptors (Lipinski definition) is 10. The molecule has 2 fully saturated rings. The summed E-state index contributed by atoms with van der Waals surface area (Å²) >= 11 is 0. The predicted molar refractivity (Wildman–Crippen MR) is 137 cm³/mol. The third-order valence-corrected chi connectivity index (χ3v) is 6.86. The second-order valence-corrected chi connectivity index (χ2v) is 10.3. The Morgan fingerprint density at radius 2 is 1.85 bits per heavy atom. The normalized spacial score (nSPS) is 24.2. The van der Waals surface area contributed by atoms with Crippen LogP contribution in [0.15, 0.2) is 16.5 Å². The zero-order valence-electron chi connectivity index (χ0n) is 22.3. The number of nitrogens with one attached hydrogen (secondary N) is 2. The minimum atomic E-state index is -4.45. The number of alkyl halides is 3. The van der Waals surface area contributed by atoms with Crippen molar-refractivity contribution in [3.63, 3.8) is 0 Å². The van der Waals surface area contributed by atoms with Crippen molar-refractivity contribution in [2.45, 2.75) is 71.3 Å². The van der Waals surface area contributed by atoms with Gasteiger partial charge in [-0.05, 0) is 47.1 Å². The number of furan rings is 1. The maximum absolute atomic E-state index is 12.9. The van der Waals surface area contributed by atoms with Crippen molar-refractivity contribution in [1.29, 1.82) is 0 Å². The first-order chi connectivity index (χ1) is 18.4. The number of fused-ring (bicyclic) bond motifs is 2. The number of aliphatic hydroxyl groups excluding tert-OH is 1. The molecular formula is C26H32F3N5O5. The molecule has 1 saturated heterocycles. The van der Waals surface area contributed by atoms with Gasteiger partial charge >= 0.3 is 6.18 Å². The fraction of sp³-hybridized carbons (Fsp3) is 0.577. The van der Waals surface area contributed by atoms with Crippen molar-refractivity contribution in [3.8, 4) is 17.2 Å². The number of nitrogens with zero attached hydrogens (tertiary/aromatic N) is 3. The molecule has 0 unspecified atom stereocenters. The second kappa shape index (κ2) is 10.1. The average Bonchev–Trinajstić information content (AvgIpc) is 3.49. The van der Waals surface area contributed by atoms with Gasteiger partial charge in [-0.3, -0.25) is 0 Å². The Labute approximate surface area is 223 Å². The van der Waals surface area contributed by atoms with Gasteiger partial charge in [0.2, 0.25) is 11.8 Å². The van der Waals surface area contributed by atoms with Gasteiger partial charge in [0.05, 0.1) is 35.7 Å². The zero-order valence-corrected chi connectivity index (χ0v) is 22.3. The summed E-state index contributed by atoms with van der Waals surface area (Å²) in [6, 6.07) is 3.23. The van der Waals surface area contributed by atoms with Crippen LogP contribution >= 0.6 is 0 Å². The van der Waals surface area contributed by atoms with Crippen LogP contribution in [0.1, 0.15) is 38.6 Å². The quantitative estimate of drug-likeness (QED) is 0.366. The van der Waals surface area contributed by atoms with Gasteiger partial charge in [-0.15, -0.1) is 0 Å². The molecule has 0 spiro atoms. The molecule has 0 bridgehead atoms. The van der Waals surface area contributed by atoms with Gasteiger partial charge in [0.1, 0.15) is 24.2 Å². The molecule has 1 aliphatic heterocycles. The SMILES string of the molecule is CCOc1cc2cc(-c3c(C)nc(NCC(F)(F)F)nc3N[C@@H]3C[C@H](CO)[C@H]4OC(C)(C)O[C@H]43)oc2c(C)n1. The maximum Gasteiger partial charge on any atom is 0.405 e. The van der Waals surface area contributed by atoms with Gasteiger partial charge in [0.15, 0.2) is 11.4 Å². The van der Waals surface area contributed by atoms with Crippen LogP contribution in [0.3, 0.4) is 0 Å². The van der Waals surface area contributed by atoms with E-state index in [9.17, 15) is 18.3 Å². The van der Waals surface area contributed by atoms with Crippen molar-refractivity contribution in [1.82, 2.24) is 15.0 Å².